The van der Waals surface area contributed by atoms with Crippen molar-refractivity contribution in [2.24, 2.45) is 5.73 Å². The van der Waals surface area contributed by atoms with Crippen molar-refractivity contribution in [1.29, 1.82) is 0 Å². The monoisotopic (exact) mass is 207 g/mol. The van der Waals surface area contributed by atoms with E-state index in [0.29, 0.717) is 12.1 Å². The fourth-order valence-electron chi connectivity index (χ4n) is 1.63. The van der Waals surface area contributed by atoms with Crippen LogP contribution in [0.1, 0.15) is 19.5 Å². The van der Waals surface area contributed by atoms with Crippen LogP contribution in [0.15, 0.2) is 18.3 Å². The summed E-state index contributed by atoms with van der Waals surface area (Å²) in [6.45, 7) is 3.90. The fourth-order valence-corrected chi connectivity index (χ4v) is 1.63. The Hall–Kier alpha value is -1.42. The zero-order chi connectivity index (χ0) is 11.1. The molecule has 3 nitrogen and oxygen atoms in total. The van der Waals surface area contributed by atoms with E-state index in [-0.39, 0.29) is 11.4 Å². The van der Waals surface area contributed by atoms with E-state index in [0.717, 1.165) is 11.1 Å². The van der Waals surface area contributed by atoms with Gasteiger partial charge in [0.15, 0.2) is 0 Å². The largest absolute Gasteiger partial charge is 0.343 e. The normalized spacial score (nSPS) is 12.3. The van der Waals surface area contributed by atoms with E-state index in [2.05, 4.69) is 9.97 Å². The Morgan fingerprint density at radius 3 is 2.87 bits per heavy atom. The highest BCUT2D eigenvalue weighted by Gasteiger charge is 2.13. The minimum Gasteiger partial charge on any atom is -0.343 e. The second-order valence-corrected chi connectivity index (χ2v) is 4.55. The van der Waals surface area contributed by atoms with E-state index in [1.807, 2.05) is 19.9 Å². The van der Waals surface area contributed by atoms with E-state index in [9.17, 15) is 4.39 Å². The number of pyridine rings is 1. The average Bonchev–Trinajstić information content (AvgIpc) is 2.42. The van der Waals surface area contributed by atoms with Crippen molar-refractivity contribution in [2.75, 3.05) is 0 Å². The molecule has 2 heterocycles. The Bertz CT molecular complexity index is 482. The van der Waals surface area contributed by atoms with Gasteiger partial charge in [0.1, 0.15) is 11.5 Å². The van der Waals surface area contributed by atoms with Crippen LogP contribution >= 0.6 is 0 Å². The summed E-state index contributed by atoms with van der Waals surface area (Å²) in [5.41, 5.74) is 7.31. The molecule has 2 aromatic rings. The molecule has 80 valence electrons. The lowest BCUT2D eigenvalue weighted by atomic mass is 10.0. The van der Waals surface area contributed by atoms with Gasteiger partial charge in [-0.1, -0.05) is 0 Å². The van der Waals surface area contributed by atoms with Crippen molar-refractivity contribution in [3.05, 3.63) is 29.8 Å². The molecule has 0 unspecified atom stereocenters. The highest BCUT2D eigenvalue weighted by atomic mass is 19.1. The van der Waals surface area contributed by atoms with Gasteiger partial charge in [0.05, 0.1) is 6.20 Å². The van der Waals surface area contributed by atoms with Crippen molar-refractivity contribution in [3.8, 4) is 0 Å². The Morgan fingerprint density at radius 2 is 2.20 bits per heavy atom. The molecule has 0 radical (unpaired) electrons. The minimum atomic E-state index is -0.319. The maximum Gasteiger partial charge on any atom is 0.142 e. The van der Waals surface area contributed by atoms with E-state index in [1.165, 1.54) is 12.3 Å². The van der Waals surface area contributed by atoms with Gasteiger partial charge in [0.2, 0.25) is 0 Å². The summed E-state index contributed by atoms with van der Waals surface area (Å²) in [5.74, 6) is -0.319. The molecule has 0 spiro atoms. The first-order chi connectivity index (χ1) is 6.94. The molecule has 2 rings (SSSR count). The third-order valence-electron chi connectivity index (χ3n) is 2.14. The summed E-state index contributed by atoms with van der Waals surface area (Å²) in [4.78, 5) is 7.08. The number of nitrogens with two attached hydrogens (primary N) is 1. The molecular formula is C11H14FN3. The van der Waals surface area contributed by atoms with Crippen molar-refractivity contribution in [3.63, 3.8) is 0 Å². The van der Waals surface area contributed by atoms with Gasteiger partial charge in [-0.05, 0) is 26.0 Å². The predicted octanol–water partition coefficient (Wildman–Crippen LogP) is 1.98. The molecule has 0 atom stereocenters. The van der Waals surface area contributed by atoms with Crippen LogP contribution in [-0.4, -0.2) is 15.5 Å². The van der Waals surface area contributed by atoms with Crippen molar-refractivity contribution in [1.82, 2.24) is 9.97 Å². The molecule has 0 aliphatic carbocycles. The van der Waals surface area contributed by atoms with Gasteiger partial charge in [-0.15, -0.1) is 0 Å². The second kappa shape index (κ2) is 3.31. The first-order valence-corrected chi connectivity index (χ1v) is 4.86. The van der Waals surface area contributed by atoms with Crippen LogP contribution in [0.2, 0.25) is 0 Å². The summed E-state index contributed by atoms with van der Waals surface area (Å²) in [7, 11) is 0. The molecule has 2 aromatic heterocycles. The summed E-state index contributed by atoms with van der Waals surface area (Å²) in [6, 6.07) is 3.35. The maximum absolute atomic E-state index is 12.9. The molecule has 0 aliphatic heterocycles. The first kappa shape index (κ1) is 10.1. The number of nitrogens with zero attached hydrogens (tertiary/aromatic N) is 1. The van der Waals surface area contributed by atoms with Gasteiger partial charge in [0, 0.05) is 23.0 Å². The number of rotatable bonds is 2. The number of nitrogens with one attached hydrogen (secondary N) is 1. The Balaban J connectivity index is 2.39. The smallest absolute Gasteiger partial charge is 0.142 e. The van der Waals surface area contributed by atoms with E-state index in [4.69, 9.17) is 5.73 Å². The lowest BCUT2D eigenvalue weighted by Crippen LogP contribution is -2.34. The summed E-state index contributed by atoms with van der Waals surface area (Å²) in [5, 5.41) is 0.786. The van der Waals surface area contributed by atoms with Crippen LogP contribution in [0.25, 0.3) is 11.0 Å². The van der Waals surface area contributed by atoms with Crippen molar-refractivity contribution >= 4 is 11.0 Å². The van der Waals surface area contributed by atoms with Crippen LogP contribution < -0.4 is 5.73 Å². The van der Waals surface area contributed by atoms with Gasteiger partial charge in [-0.25, -0.2) is 9.37 Å². The van der Waals surface area contributed by atoms with Gasteiger partial charge < -0.3 is 10.7 Å². The lowest BCUT2D eigenvalue weighted by Gasteiger charge is -2.16. The average molecular weight is 207 g/mol. The molecule has 0 aromatic carbocycles. The van der Waals surface area contributed by atoms with Gasteiger partial charge in [0.25, 0.3) is 0 Å². The van der Waals surface area contributed by atoms with Gasteiger partial charge in [-0.3, -0.25) is 0 Å². The molecule has 0 fully saturated rings. The number of aromatic nitrogens is 2. The number of aromatic amines is 1. The van der Waals surface area contributed by atoms with Crippen LogP contribution in [0.3, 0.4) is 0 Å². The molecule has 0 saturated heterocycles. The third-order valence-corrected chi connectivity index (χ3v) is 2.14. The third kappa shape index (κ3) is 2.33. The summed E-state index contributed by atoms with van der Waals surface area (Å²) >= 11 is 0. The maximum atomic E-state index is 12.9. The van der Waals surface area contributed by atoms with Crippen LogP contribution in [0.4, 0.5) is 4.39 Å². The lowest BCUT2D eigenvalue weighted by molar-refractivity contribution is 0.512. The van der Waals surface area contributed by atoms with Gasteiger partial charge in [-0.2, -0.15) is 0 Å². The molecule has 0 bridgehead atoms. The number of halogens is 1. The van der Waals surface area contributed by atoms with E-state index >= 15 is 0 Å². The molecule has 0 saturated carbocycles. The molecular weight excluding hydrogens is 193 g/mol. The molecule has 15 heavy (non-hydrogen) atoms. The van der Waals surface area contributed by atoms with Crippen molar-refractivity contribution in [2.45, 2.75) is 25.8 Å². The van der Waals surface area contributed by atoms with Crippen LogP contribution in [-0.2, 0) is 6.42 Å². The zero-order valence-corrected chi connectivity index (χ0v) is 8.84. The molecule has 3 N–H and O–H groups in total. The van der Waals surface area contributed by atoms with E-state index in [1.54, 1.807) is 0 Å². The highest BCUT2D eigenvalue weighted by molar-refractivity contribution is 5.76. The summed E-state index contributed by atoms with van der Waals surface area (Å²) in [6.07, 6.45) is 1.92. The standard InChI is InChI=1S/C11H14FN3/c1-11(2,13)5-9-4-7-3-8(12)6-14-10(7)15-9/h3-4,6H,5,13H2,1-2H3,(H,14,15). The fraction of sp³-hybridized carbons (Fsp3) is 0.364. The topological polar surface area (TPSA) is 54.7 Å². The predicted molar refractivity (Wildman–Crippen MR) is 58.0 cm³/mol. The molecule has 0 amide bonds. The SMILES string of the molecule is CC(C)(N)Cc1cc2cc(F)cnc2[nH]1. The molecule has 0 aliphatic rings. The molecule has 4 heteroatoms. The van der Waals surface area contributed by atoms with E-state index < -0.39 is 0 Å². The van der Waals surface area contributed by atoms with Crippen molar-refractivity contribution < 1.29 is 4.39 Å². The first-order valence-electron chi connectivity index (χ1n) is 4.86. The highest BCUT2D eigenvalue weighted by Crippen LogP contribution is 2.17. The zero-order valence-electron chi connectivity index (χ0n) is 8.84. The quantitative estimate of drug-likeness (QED) is 0.791. The Morgan fingerprint density at radius 1 is 1.47 bits per heavy atom. The number of hydrogen-bond donors (Lipinski definition) is 2. The van der Waals surface area contributed by atoms with Crippen LogP contribution in [0, 0.1) is 5.82 Å². The minimum absolute atomic E-state index is 0.278. The number of fused-ring (bicyclic) bond motifs is 1. The number of hydrogen-bond acceptors (Lipinski definition) is 2. The Kier molecular flexibility index (Phi) is 2.23. The second-order valence-electron chi connectivity index (χ2n) is 4.55. The van der Waals surface area contributed by atoms with Gasteiger partial charge >= 0.3 is 0 Å². The number of H-pyrrole nitrogens is 1. The Labute approximate surface area is 87.5 Å². The summed E-state index contributed by atoms with van der Waals surface area (Å²) < 4.78 is 12.9. The van der Waals surface area contributed by atoms with Crippen LogP contribution in [0.5, 0.6) is 0 Å².